The molecule has 6 aliphatic rings. The molecule has 12 atom stereocenters. The Balaban J connectivity index is 0.963. The van der Waals surface area contributed by atoms with Crippen LogP contribution in [0.3, 0.4) is 0 Å². The predicted octanol–water partition coefficient (Wildman–Crippen LogP) is 2.77. The number of hydrogen-bond acceptors (Lipinski definition) is 12. The molecule has 0 aromatic rings. The molecule has 0 amide bonds. The number of esters is 3. The molecule has 0 aromatic heterocycles. The van der Waals surface area contributed by atoms with Crippen molar-refractivity contribution in [3.63, 3.8) is 0 Å². The lowest BCUT2D eigenvalue weighted by Crippen LogP contribution is -2.37. The average Bonchev–Trinajstić information content (AvgIpc) is 3.85. The van der Waals surface area contributed by atoms with Crippen molar-refractivity contribution in [2.24, 2.45) is 17.8 Å². The van der Waals surface area contributed by atoms with E-state index in [-0.39, 0.29) is 67.2 Å². The van der Waals surface area contributed by atoms with Crippen molar-refractivity contribution in [1.82, 2.24) is 0 Å². The van der Waals surface area contributed by atoms with Crippen molar-refractivity contribution < 1.29 is 57.0 Å². The number of ether oxygens (including phenoxy) is 9. The monoisotopic (exact) mass is 596 g/mol. The summed E-state index contributed by atoms with van der Waals surface area (Å²) in [5.74, 6) is -1.51. The first kappa shape index (κ1) is 30.2. The maximum atomic E-state index is 12.7. The predicted molar refractivity (Wildman–Crippen MR) is 141 cm³/mol. The molecule has 3 aliphatic carbocycles. The van der Waals surface area contributed by atoms with Crippen LogP contribution >= 0.6 is 0 Å². The molecule has 0 bridgehead atoms. The molecule has 3 heterocycles. The normalized spacial score (nSPS) is 38.8. The fourth-order valence-electron chi connectivity index (χ4n) is 6.61. The molecule has 236 valence electrons. The molecule has 42 heavy (non-hydrogen) atoms. The zero-order valence-electron chi connectivity index (χ0n) is 24.7. The number of rotatable bonds is 14. The fraction of sp³-hybridized carbons (Fsp3) is 0.900. The lowest BCUT2D eigenvalue weighted by atomic mass is 9.89. The van der Waals surface area contributed by atoms with Crippen LogP contribution in [-0.2, 0) is 57.0 Å². The van der Waals surface area contributed by atoms with E-state index in [4.69, 9.17) is 42.6 Å². The summed E-state index contributed by atoms with van der Waals surface area (Å²) in [6.45, 7) is 4.94. The van der Waals surface area contributed by atoms with Crippen molar-refractivity contribution in [1.29, 1.82) is 0 Å². The van der Waals surface area contributed by atoms with E-state index in [0.717, 1.165) is 38.5 Å². The highest BCUT2D eigenvalue weighted by Crippen LogP contribution is 2.41. The minimum atomic E-state index is -0.870. The molecule has 0 spiro atoms. The Kier molecular flexibility index (Phi) is 9.37. The van der Waals surface area contributed by atoms with E-state index < -0.39 is 25.0 Å². The zero-order chi connectivity index (χ0) is 29.4. The Morgan fingerprint density at radius 3 is 1.26 bits per heavy atom. The second kappa shape index (κ2) is 13.0. The maximum Gasteiger partial charge on any atom is 0.311 e. The maximum absolute atomic E-state index is 12.7. The second-order valence-electron chi connectivity index (χ2n) is 12.6. The van der Waals surface area contributed by atoms with Crippen LogP contribution in [-0.4, -0.2) is 92.7 Å². The third-order valence-electron chi connectivity index (χ3n) is 9.28. The van der Waals surface area contributed by atoms with Crippen LogP contribution in [0.1, 0.15) is 78.6 Å². The molecule has 0 N–H and O–H groups in total. The van der Waals surface area contributed by atoms with Crippen molar-refractivity contribution >= 4 is 17.9 Å². The number of hydrogen-bond donors (Lipinski definition) is 0. The van der Waals surface area contributed by atoms with Crippen LogP contribution in [0.15, 0.2) is 0 Å². The lowest BCUT2D eigenvalue weighted by molar-refractivity contribution is -0.227. The van der Waals surface area contributed by atoms with Crippen molar-refractivity contribution in [2.75, 3.05) is 13.2 Å². The first-order valence-corrected chi connectivity index (χ1v) is 15.7. The summed E-state index contributed by atoms with van der Waals surface area (Å²) in [4.78, 5) is 38.0. The van der Waals surface area contributed by atoms with Gasteiger partial charge < -0.3 is 42.6 Å². The molecular formula is C30H44O12. The first-order valence-electron chi connectivity index (χ1n) is 15.7. The van der Waals surface area contributed by atoms with Crippen molar-refractivity contribution in [2.45, 2.75) is 140 Å². The standard InChI is InChI=1S/C30H44O12/c1-15(37-28(31)18-4-7-22-25(10-18)40-22)34-13-21(36-17(3)39-30(33)20-6-9-24-27(12-20)42-24)14-35-16(2)38-29(32)19-5-8-23-26(11-19)41-23/h15-27H,4-14H2,1-3H3. The quantitative estimate of drug-likeness (QED) is 0.126. The van der Waals surface area contributed by atoms with Gasteiger partial charge in [0.05, 0.1) is 67.6 Å². The second-order valence-corrected chi connectivity index (χ2v) is 12.6. The number of carbonyl (C=O) groups is 3. The Labute approximate surface area is 246 Å². The van der Waals surface area contributed by atoms with E-state index in [0.29, 0.717) is 37.6 Å². The SMILES string of the molecule is CC(OCC(COC(C)OC(=O)C1CCC2OC2C1)OC(C)OC(=O)C1CCC2OC2C1)OC(=O)C1CCC2OC2C1. The van der Waals surface area contributed by atoms with Gasteiger partial charge in [0.25, 0.3) is 0 Å². The molecule has 3 saturated carbocycles. The smallest absolute Gasteiger partial charge is 0.311 e. The van der Waals surface area contributed by atoms with Gasteiger partial charge in [-0.05, 0) is 78.6 Å². The lowest BCUT2D eigenvalue weighted by Gasteiger charge is -2.27. The number of fused-ring (bicyclic) bond motifs is 3. The Morgan fingerprint density at radius 1 is 0.548 bits per heavy atom. The minimum Gasteiger partial charge on any atom is -0.436 e. The molecule has 3 aliphatic heterocycles. The largest absolute Gasteiger partial charge is 0.436 e. The van der Waals surface area contributed by atoms with Gasteiger partial charge in [0.15, 0.2) is 12.6 Å². The van der Waals surface area contributed by atoms with Gasteiger partial charge in [-0.3, -0.25) is 14.4 Å². The molecular weight excluding hydrogens is 552 g/mol. The molecule has 6 fully saturated rings. The Morgan fingerprint density at radius 2 is 0.905 bits per heavy atom. The van der Waals surface area contributed by atoms with Gasteiger partial charge in [-0.2, -0.15) is 0 Å². The van der Waals surface area contributed by atoms with Crippen LogP contribution in [0.25, 0.3) is 0 Å². The topological polar surface area (TPSA) is 144 Å². The van der Waals surface area contributed by atoms with Gasteiger partial charge in [-0.15, -0.1) is 0 Å². The molecule has 12 heteroatoms. The molecule has 12 unspecified atom stereocenters. The third-order valence-corrected chi connectivity index (χ3v) is 9.28. The van der Waals surface area contributed by atoms with Gasteiger partial charge in [-0.1, -0.05) is 0 Å². The minimum absolute atomic E-state index is 0.000461. The van der Waals surface area contributed by atoms with Gasteiger partial charge in [-0.25, -0.2) is 0 Å². The van der Waals surface area contributed by atoms with Crippen LogP contribution in [0, 0.1) is 17.8 Å². The zero-order valence-corrected chi connectivity index (χ0v) is 24.7. The van der Waals surface area contributed by atoms with E-state index in [2.05, 4.69) is 0 Å². The Hall–Kier alpha value is -1.83. The van der Waals surface area contributed by atoms with Crippen LogP contribution in [0.5, 0.6) is 0 Å². The highest BCUT2D eigenvalue weighted by Gasteiger charge is 2.48. The molecule has 12 nitrogen and oxygen atoms in total. The first-order chi connectivity index (χ1) is 20.2. The van der Waals surface area contributed by atoms with Gasteiger partial charge in [0.2, 0.25) is 6.29 Å². The summed E-state index contributed by atoms with van der Waals surface area (Å²) in [6.07, 6.45) is 5.07. The van der Waals surface area contributed by atoms with Crippen LogP contribution in [0.2, 0.25) is 0 Å². The molecule has 6 rings (SSSR count). The summed E-state index contributed by atoms with van der Waals surface area (Å²) < 4.78 is 50.8. The highest BCUT2D eigenvalue weighted by molar-refractivity contribution is 5.73. The van der Waals surface area contributed by atoms with E-state index in [1.54, 1.807) is 20.8 Å². The van der Waals surface area contributed by atoms with Crippen molar-refractivity contribution in [3.8, 4) is 0 Å². The van der Waals surface area contributed by atoms with Crippen molar-refractivity contribution in [3.05, 3.63) is 0 Å². The van der Waals surface area contributed by atoms with E-state index in [9.17, 15) is 14.4 Å². The van der Waals surface area contributed by atoms with E-state index in [1.165, 1.54) is 0 Å². The van der Waals surface area contributed by atoms with Gasteiger partial charge in [0, 0.05) is 0 Å². The molecule has 0 radical (unpaired) electrons. The summed E-state index contributed by atoms with van der Waals surface area (Å²) in [6, 6.07) is 0. The number of epoxide rings is 3. The summed E-state index contributed by atoms with van der Waals surface area (Å²) in [5, 5.41) is 0. The summed E-state index contributed by atoms with van der Waals surface area (Å²) in [7, 11) is 0. The molecule has 0 aromatic carbocycles. The van der Waals surface area contributed by atoms with Gasteiger partial charge >= 0.3 is 17.9 Å². The molecule has 3 saturated heterocycles. The Bertz CT molecular complexity index is 937. The van der Waals surface area contributed by atoms with E-state index in [1.807, 2.05) is 0 Å². The third kappa shape index (κ3) is 8.00. The summed E-state index contributed by atoms with van der Waals surface area (Å²) in [5.41, 5.74) is 0. The summed E-state index contributed by atoms with van der Waals surface area (Å²) >= 11 is 0. The highest BCUT2D eigenvalue weighted by atomic mass is 16.7. The fourth-order valence-corrected chi connectivity index (χ4v) is 6.61. The van der Waals surface area contributed by atoms with Crippen LogP contribution < -0.4 is 0 Å². The number of carbonyl (C=O) groups excluding carboxylic acids is 3. The van der Waals surface area contributed by atoms with Crippen LogP contribution in [0.4, 0.5) is 0 Å². The van der Waals surface area contributed by atoms with E-state index >= 15 is 0 Å². The average molecular weight is 597 g/mol. The van der Waals surface area contributed by atoms with Gasteiger partial charge in [0.1, 0.15) is 6.10 Å².